The van der Waals surface area contributed by atoms with Crippen molar-refractivity contribution in [3.05, 3.63) is 0 Å². The van der Waals surface area contributed by atoms with Gasteiger partial charge in [-0.25, -0.2) is 0 Å². The van der Waals surface area contributed by atoms with E-state index in [2.05, 4.69) is 4.90 Å². The fourth-order valence-electron chi connectivity index (χ4n) is 2.95. The highest BCUT2D eigenvalue weighted by molar-refractivity contribution is 5.80. The first-order chi connectivity index (χ1) is 6.20. The number of hydrogen-bond donors (Lipinski definition) is 0. The summed E-state index contributed by atoms with van der Waals surface area (Å²) in [6.45, 7) is 3.13. The van der Waals surface area contributed by atoms with Crippen molar-refractivity contribution >= 4 is 5.91 Å². The number of piperazine rings is 1. The van der Waals surface area contributed by atoms with Gasteiger partial charge in [-0.3, -0.25) is 9.69 Å². The van der Waals surface area contributed by atoms with Crippen LogP contribution in [0.5, 0.6) is 0 Å². The van der Waals surface area contributed by atoms with Gasteiger partial charge in [0.15, 0.2) is 0 Å². The summed E-state index contributed by atoms with van der Waals surface area (Å²) in [5.74, 6) is 0.277. The molecule has 3 aliphatic rings. The van der Waals surface area contributed by atoms with Gasteiger partial charge >= 0.3 is 0 Å². The molecular formula is C9H14N2O2. The lowest BCUT2D eigenvalue weighted by Crippen LogP contribution is -2.63. The Labute approximate surface area is 77.4 Å². The van der Waals surface area contributed by atoms with E-state index in [1.807, 2.05) is 11.9 Å². The fourth-order valence-corrected chi connectivity index (χ4v) is 2.95. The number of ether oxygens (including phenoxy) is 1. The monoisotopic (exact) mass is 182 g/mol. The molecule has 0 aromatic carbocycles. The Morgan fingerprint density at radius 1 is 1.62 bits per heavy atom. The van der Waals surface area contributed by atoms with E-state index in [4.69, 9.17) is 4.74 Å². The van der Waals surface area contributed by atoms with Gasteiger partial charge in [0.2, 0.25) is 5.91 Å². The number of hydrogen-bond acceptors (Lipinski definition) is 3. The number of carbonyl (C=O) groups excluding carboxylic acids is 1. The third kappa shape index (κ3) is 0.901. The molecule has 1 spiro atoms. The molecule has 0 saturated carbocycles. The maximum Gasteiger partial charge on any atom is 0.237 e. The maximum absolute atomic E-state index is 11.7. The maximum atomic E-state index is 11.7. The minimum Gasteiger partial charge on any atom is -0.374 e. The molecule has 2 atom stereocenters. The third-order valence-electron chi connectivity index (χ3n) is 3.42. The van der Waals surface area contributed by atoms with Crippen LogP contribution in [-0.2, 0) is 9.53 Å². The molecule has 3 fully saturated rings. The van der Waals surface area contributed by atoms with Gasteiger partial charge in [0.25, 0.3) is 0 Å². The number of carbonyl (C=O) groups is 1. The summed E-state index contributed by atoms with van der Waals surface area (Å²) in [6, 6.07) is 0. The van der Waals surface area contributed by atoms with Gasteiger partial charge in [-0.1, -0.05) is 0 Å². The van der Waals surface area contributed by atoms with Crippen LogP contribution >= 0.6 is 0 Å². The van der Waals surface area contributed by atoms with Crippen molar-refractivity contribution in [1.82, 2.24) is 9.80 Å². The summed E-state index contributed by atoms with van der Waals surface area (Å²) in [7, 11) is 2.01. The SMILES string of the molecule is CN1CC(=O)N2CC3CC2(CO3)C1. The first-order valence-electron chi connectivity index (χ1n) is 4.80. The van der Waals surface area contributed by atoms with E-state index < -0.39 is 0 Å². The van der Waals surface area contributed by atoms with Crippen LogP contribution in [0.4, 0.5) is 0 Å². The summed E-state index contributed by atoms with van der Waals surface area (Å²) in [5.41, 5.74) is 0.0365. The number of likely N-dealkylation sites (N-methyl/N-ethyl adjacent to an activating group) is 1. The van der Waals surface area contributed by atoms with Crippen LogP contribution in [0.25, 0.3) is 0 Å². The van der Waals surface area contributed by atoms with Crippen molar-refractivity contribution in [3.8, 4) is 0 Å². The smallest absolute Gasteiger partial charge is 0.237 e. The molecule has 72 valence electrons. The molecule has 2 unspecified atom stereocenters. The molecule has 1 amide bonds. The predicted octanol–water partition coefficient (Wildman–Crippen LogP) is -0.698. The third-order valence-corrected chi connectivity index (χ3v) is 3.42. The highest BCUT2D eigenvalue weighted by atomic mass is 16.5. The van der Waals surface area contributed by atoms with Crippen LogP contribution in [0, 0.1) is 0 Å². The van der Waals surface area contributed by atoms with E-state index in [0.717, 1.165) is 26.1 Å². The van der Waals surface area contributed by atoms with Gasteiger partial charge in [-0.05, 0) is 7.05 Å². The van der Waals surface area contributed by atoms with E-state index in [1.165, 1.54) is 0 Å². The molecule has 0 radical (unpaired) electrons. The van der Waals surface area contributed by atoms with Crippen LogP contribution in [0.3, 0.4) is 0 Å². The average Bonchev–Trinajstić information content (AvgIpc) is 2.58. The first kappa shape index (κ1) is 7.76. The van der Waals surface area contributed by atoms with Gasteiger partial charge in [-0.15, -0.1) is 0 Å². The first-order valence-corrected chi connectivity index (χ1v) is 4.80. The second kappa shape index (κ2) is 2.25. The molecular weight excluding hydrogens is 168 g/mol. The van der Waals surface area contributed by atoms with E-state index in [0.29, 0.717) is 12.6 Å². The summed E-state index contributed by atoms with van der Waals surface area (Å²) < 4.78 is 5.59. The molecule has 4 nitrogen and oxygen atoms in total. The van der Waals surface area contributed by atoms with Crippen molar-refractivity contribution in [2.45, 2.75) is 18.1 Å². The lowest BCUT2D eigenvalue weighted by molar-refractivity contribution is -0.149. The zero-order valence-electron chi connectivity index (χ0n) is 7.82. The normalized spacial score (nSPS) is 44.2. The molecule has 3 saturated heterocycles. The molecule has 3 heterocycles. The van der Waals surface area contributed by atoms with Crippen molar-refractivity contribution in [2.75, 3.05) is 33.3 Å². The second-order valence-electron chi connectivity index (χ2n) is 4.54. The van der Waals surface area contributed by atoms with E-state index >= 15 is 0 Å². The van der Waals surface area contributed by atoms with Crippen molar-refractivity contribution < 1.29 is 9.53 Å². The van der Waals surface area contributed by atoms with Crippen LogP contribution in [0.2, 0.25) is 0 Å². The van der Waals surface area contributed by atoms with Crippen molar-refractivity contribution in [1.29, 1.82) is 0 Å². The summed E-state index contributed by atoms with van der Waals surface area (Å²) in [5, 5.41) is 0. The number of nitrogens with zero attached hydrogens (tertiary/aromatic N) is 2. The number of amides is 1. The van der Waals surface area contributed by atoms with E-state index in [9.17, 15) is 4.79 Å². The minimum absolute atomic E-state index is 0.0365. The van der Waals surface area contributed by atoms with Gasteiger partial charge < -0.3 is 9.64 Å². The highest BCUT2D eigenvalue weighted by Gasteiger charge is 2.56. The fraction of sp³-hybridized carbons (Fsp3) is 0.889. The van der Waals surface area contributed by atoms with Crippen LogP contribution in [0.1, 0.15) is 6.42 Å². The molecule has 3 rings (SSSR count). The van der Waals surface area contributed by atoms with Crippen LogP contribution in [0.15, 0.2) is 0 Å². The summed E-state index contributed by atoms with van der Waals surface area (Å²) >= 11 is 0. The molecule has 13 heavy (non-hydrogen) atoms. The second-order valence-corrected chi connectivity index (χ2v) is 4.54. The topological polar surface area (TPSA) is 32.8 Å². The quantitative estimate of drug-likeness (QED) is 0.497. The Morgan fingerprint density at radius 2 is 2.46 bits per heavy atom. The predicted molar refractivity (Wildman–Crippen MR) is 46.3 cm³/mol. The number of rotatable bonds is 0. The van der Waals surface area contributed by atoms with Gasteiger partial charge in [0, 0.05) is 19.5 Å². The molecule has 0 N–H and O–H groups in total. The molecule has 2 bridgehead atoms. The molecule has 0 aromatic rings. The lowest BCUT2D eigenvalue weighted by Gasteiger charge is -2.45. The van der Waals surface area contributed by atoms with Crippen LogP contribution < -0.4 is 0 Å². The standard InChI is InChI=1S/C9H14N2O2/c1-10-4-8(12)11-3-7-2-9(11,5-10)6-13-7/h7H,2-6H2,1H3. The highest BCUT2D eigenvalue weighted by Crippen LogP contribution is 2.40. The Balaban J connectivity index is 1.95. The van der Waals surface area contributed by atoms with E-state index in [1.54, 1.807) is 0 Å². The Morgan fingerprint density at radius 3 is 3.23 bits per heavy atom. The number of morpholine rings is 1. The molecule has 0 aliphatic carbocycles. The zero-order valence-corrected chi connectivity index (χ0v) is 7.82. The van der Waals surface area contributed by atoms with Gasteiger partial charge in [0.1, 0.15) is 0 Å². The average molecular weight is 182 g/mol. The molecule has 0 aromatic heterocycles. The van der Waals surface area contributed by atoms with E-state index in [-0.39, 0.29) is 11.4 Å². The van der Waals surface area contributed by atoms with Crippen molar-refractivity contribution in [3.63, 3.8) is 0 Å². The Bertz CT molecular complexity index is 268. The Kier molecular flexibility index (Phi) is 1.34. The molecule has 3 aliphatic heterocycles. The lowest BCUT2D eigenvalue weighted by atomic mass is 9.96. The van der Waals surface area contributed by atoms with Crippen molar-refractivity contribution in [2.24, 2.45) is 0 Å². The van der Waals surface area contributed by atoms with Gasteiger partial charge in [-0.2, -0.15) is 0 Å². The van der Waals surface area contributed by atoms with Crippen LogP contribution in [-0.4, -0.2) is 60.6 Å². The largest absolute Gasteiger partial charge is 0.374 e. The minimum atomic E-state index is 0.0365. The zero-order chi connectivity index (χ0) is 9.05. The van der Waals surface area contributed by atoms with Gasteiger partial charge in [0.05, 0.1) is 24.8 Å². The molecule has 4 heteroatoms. The summed E-state index contributed by atoms with van der Waals surface area (Å²) in [6.07, 6.45) is 1.36. The number of fused-ring (bicyclic) bond motifs is 1. The Hall–Kier alpha value is -0.610. The summed E-state index contributed by atoms with van der Waals surface area (Å²) in [4.78, 5) is 15.8.